The fraction of sp³-hybridized carbons (Fsp3) is 0.650. The Kier molecular flexibility index (Phi) is 7.56. The molecule has 1 aliphatic heterocycles. The van der Waals surface area contributed by atoms with Crippen molar-refractivity contribution in [3.63, 3.8) is 0 Å². The number of ether oxygens (including phenoxy) is 3. The molecule has 5 heteroatoms. The van der Waals surface area contributed by atoms with Crippen molar-refractivity contribution in [1.82, 2.24) is 4.90 Å². The predicted octanol–water partition coefficient (Wildman–Crippen LogP) is 3.90. The van der Waals surface area contributed by atoms with E-state index in [1.807, 2.05) is 30.9 Å². The van der Waals surface area contributed by atoms with Gasteiger partial charge in [-0.15, -0.1) is 0 Å². The number of hydrogen-bond donors (Lipinski definition) is 0. The molecule has 1 amide bonds. The summed E-state index contributed by atoms with van der Waals surface area (Å²) in [6.45, 7) is 8.07. The zero-order valence-corrected chi connectivity index (χ0v) is 15.9. The lowest BCUT2D eigenvalue weighted by molar-refractivity contribution is -0.0586. The molecule has 0 saturated carbocycles. The van der Waals surface area contributed by atoms with Crippen molar-refractivity contribution < 1.29 is 19.0 Å². The number of methoxy groups -OCH3 is 1. The maximum Gasteiger partial charge on any atom is 0.254 e. The molecule has 2 atom stereocenters. The first-order valence-electron chi connectivity index (χ1n) is 9.30. The van der Waals surface area contributed by atoms with Gasteiger partial charge in [0.25, 0.3) is 5.91 Å². The van der Waals surface area contributed by atoms with Crippen LogP contribution in [0.5, 0.6) is 11.5 Å². The molecule has 0 radical (unpaired) electrons. The molecule has 1 aliphatic rings. The van der Waals surface area contributed by atoms with Gasteiger partial charge in [0.2, 0.25) is 0 Å². The summed E-state index contributed by atoms with van der Waals surface area (Å²) < 4.78 is 16.9. The quantitative estimate of drug-likeness (QED) is 0.668. The second-order valence-corrected chi connectivity index (χ2v) is 6.74. The van der Waals surface area contributed by atoms with Crippen LogP contribution in [0.25, 0.3) is 0 Å². The Balaban J connectivity index is 2.00. The summed E-state index contributed by atoms with van der Waals surface area (Å²) in [5.41, 5.74) is 0.622. The van der Waals surface area contributed by atoms with Crippen LogP contribution in [0.3, 0.4) is 0 Å². The van der Waals surface area contributed by atoms with Crippen LogP contribution < -0.4 is 9.47 Å². The summed E-state index contributed by atoms with van der Waals surface area (Å²) in [5.74, 6) is 1.31. The topological polar surface area (TPSA) is 48.0 Å². The summed E-state index contributed by atoms with van der Waals surface area (Å²) in [6, 6.07) is 5.42. The van der Waals surface area contributed by atoms with Crippen LogP contribution in [-0.4, -0.2) is 49.8 Å². The van der Waals surface area contributed by atoms with E-state index < -0.39 is 0 Å². The SMILES string of the molecule is CCCCCCOc1ccc(C(=O)N2CC(C)OC(C)C2)cc1OC. The lowest BCUT2D eigenvalue weighted by Crippen LogP contribution is -2.48. The van der Waals surface area contributed by atoms with Crippen LogP contribution >= 0.6 is 0 Å². The van der Waals surface area contributed by atoms with Gasteiger partial charge in [-0.2, -0.15) is 0 Å². The van der Waals surface area contributed by atoms with Crippen LogP contribution in [0.1, 0.15) is 56.8 Å². The number of morpholine rings is 1. The maximum atomic E-state index is 12.8. The second kappa shape index (κ2) is 9.66. The average Bonchev–Trinajstić information content (AvgIpc) is 2.60. The third kappa shape index (κ3) is 5.63. The third-order valence-corrected chi connectivity index (χ3v) is 4.37. The number of amides is 1. The van der Waals surface area contributed by atoms with Crippen molar-refractivity contribution in [3.05, 3.63) is 23.8 Å². The average molecular weight is 349 g/mol. The van der Waals surface area contributed by atoms with E-state index in [1.165, 1.54) is 19.3 Å². The number of unbranched alkanes of at least 4 members (excludes halogenated alkanes) is 3. The Morgan fingerprint density at radius 2 is 1.88 bits per heavy atom. The number of nitrogens with zero attached hydrogens (tertiary/aromatic N) is 1. The fourth-order valence-corrected chi connectivity index (χ4v) is 3.16. The van der Waals surface area contributed by atoms with E-state index in [0.717, 1.165) is 6.42 Å². The molecule has 1 fully saturated rings. The molecule has 0 aromatic heterocycles. The Morgan fingerprint density at radius 3 is 2.52 bits per heavy atom. The smallest absolute Gasteiger partial charge is 0.254 e. The number of hydrogen-bond acceptors (Lipinski definition) is 4. The van der Waals surface area contributed by atoms with Crippen molar-refractivity contribution in [2.75, 3.05) is 26.8 Å². The van der Waals surface area contributed by atoms with E-state index in [2.05, 4.69) is 6.92 Å². The minimum absolute atomic E-state index is 0.00907. The van der Waals surface area contributed by atoms with Crippen molar-refractivity contribution in [2.24, 2.45) is 0 Å². The summed E-state index contributed by atoms with van der Waals surface area (Å²) in [4.78, 5) is 14.6. The molecule has 1 aromatic carbocycles. The van der Waals surface area contributed by atoms with Crippen LogP contribution in [0.15, 0.2) is 18.2 Å². The van der Waals surface area contributed by atoms with Gasteiger partial charge >= 0.3 is 0 Å². The molecular formula is C20H31NO4. The molecule has 0 spiro atoms. The summed E-state index contributed by atoms with van der Waals surface area (Å²) in [7, 11) is 1.60. The first-order chi connectivity index (χ1) is 12.0. The fourth-order valence-electron chi connectivity index (χ4n) is 3.16. The van der Waals surface area contributed by atoms with E-state index >= 15 is 0 Å². The zero-order chi connectivity index (χ0) is 18.2. The lowest BCUT2D eigenvalue weighted by atomic mass is 10.1. The first-order valence-corrected chi connectivity index (χ1v) is 9.30. The first kappa shape index (κ1) is 19.6. The molecule has 2 unspecified atom stereocenters. The molecule has 140 valence electrons. The van der Waals surface area contributed by atoms with Gasteiger partial charge in [0.05, 0.1) is 25.9 Å². The van der Waals surface area contributed by atoms with Gasteiger partial charge in [-0.05, 0) is 38.5 Å². The Labute approximate surface area is 151 Å². The number of carbonyl (C=O) groups excluding carboxylic acids is 1. The van der Waals surface area contributed by atoms with Crippen LogP contribution in [0.4, 0.5) is 0 Å². The predicted molar refractivity (Wildman–Crippen MR) is 98.5 cm³/mol. The van der Waals surface area contributed by atoms with Gasteiger partial charge in [0, 0.05) is 18.7 Å². The molecule has 0 N–H and O–H groups in total. The highest BCUT2D eigenvalue weighted by molar-refractivity contribution is 5.95. The lowest BCUT2D eigenvalue weighted by Gasteiger charge is -2.35. The minimum atomic E-state index is 0.00907. The molecule has 2 rings (SSSR count). The molecule has 5 nitrogen and oxygen atoms in total. The number of carbonyl (C=O) groups is 1. The minimum Gasteiger partial charge on any atom is -0.493 e. The molecule has 1 aromatic rings. The van der Waals surface area contributed by atoms with Gasteiger partial charge in [0.15, 0.2) is 11.5 Å². The second-order valence-electron chi connectivity index (χ2n) is 6.74. The summed E-state index contributed by atoms with van der Waals surface area (Å²) in [6.07, 6.45) is 4.74. The standard InChI is InChI=1S/C20H31NO4/c1-5-6-7-8-11-24-18-10-9-17(12-19(18)23-4)20(22)21-13-15(2)25-16(3)14-21/h9-10,12,15-16H,5-8,11,13-14H2,1-4H3. The van der Waals surface area contributed by atoms with Gasteiger partial charge in [0.1, 0.15) is 0 Å². The van der Waals surface area contributed by atoms with Gasteiger partial charge in [-0.25, -0.2) is 0 Å². The van der Waals surface area contributed by atoms with Crippen molar-refractivity contribution in [1.29, 1.82) is 0 Å². The van der Waals surface area contributed by atoms with E-state index in [0.29, 0.717) is 36.8 Å². The van der Waals surface area contributed by atoms with E-state index in [-0.39, 0.29) is 18.1 Å². The maximum absolute atomic E-state index is 12.8. The monoisotopic (exact) mass is 349 g/mol. The van der Waals surface area contributed by atoms with E-state index in [4.69, 9.17) is 14.2 Å². The highest BCUT2D eigenvalue weighted by atomic mass is 16.5. The molecule has 25 heavy (non-hydrogen) atoms. The van der Waals surface area contributed by atoms with Gasteiger partial charge in [-0.3, -0.25) is 4.79 Å². The third-order valence-electron chi connectivity index (χ3n) is 4.37. The highest BCUT2D eigenvalue weighted by Gasteiger charge is 2.27. The van der Waals surface area contributed by atoms with Crippen molar-refractivity contribution in [3.8, 4) is 11.5 Å². The summed E-state index contributed by atoms with van der Waals surface area (Å²) in [5, 5.41) is 0. The van der Waals surface area contributed by atoms with Gasteiger partial charge < -0.3 is 19.1 Å². The van der Waals surface area contributed by atoms with Crippen LogP contribution in [-0.2, 0) is 4.74 Å². The molecule has 0 bridgehead atoms. The van der Waals surface area contributed by atoms with Crippen LogP contribution in [0, 0.1) is 0 Å². The van der Waals surface area contributed by atoms with Crippen LogP contribution in [0.2, 0.25) is 0 Å². The van der Waals surface area contributed by atoms with E-state index in [9.17, 15) is 4.79 Å². The molecule has 1 heterocycles. The van der Waals surface area contributed by atoms with Crippen molar-refractivity contribution >= 4 is 5.91 Å². The molecule has 0 aliphatic carbocycles. The Morgan fingerprint density at radius 1 is 1.16 bits per heavy atom. The Bertz CT molecular complexity index is 551. The Hall–Kier alpha value is -1.75. The number of benzene rings is 1. The number of rotatable bonds is 8. The van der Waals surface area contributed by atoms with Crippen molar-refractivity contribution in [2.45, 2.75) is 58.7 Å². The largest absolute Gasteiger partial charge is 0.493 e. The normalized spacial score (nSPS) is 20.4. The zero-order valence-electron chi connectivity index (χ0n) is 15.9. The van der Waals surface area contributed by atoms with E-state index in [1.54, 1.807) is 13.2 Å². The van der Waals surface area contributed by atoms with Gasteiger partial charge in [-0.1, -0.05) is 26.2 Å². The molecular weight excluding hydrogens is 318 g/mol. The molecule has 1 saturated heterocycles. The summed E-state index contributed by atoms with van der Waals surface area (Å²) >= 11 is 0. The highest BCUT2D eigenvalue weighted by Crippen LogP contribution is 2.29.